The van der Waals surface area contributed by atoms with Crippen LogP contribution >= 0.6 is 23.2 Å². The molecule has 0 fully saturated rings. The smallest absolute Gasteiger partial charge is 0.252 e. The van der Waals surface area contributed by atoms with Crippen molar-refractivity contribution in [3.63, 3.8) is 0 Å². The number of allylic oxidation sites excluding steroid dienone is 1. The third kappa shape index (κ3) is 5.08. The number of nitrogens with one attached hydrogen (secondary N) is 1. The highest BCUT2D eigenvalue weighted by Gasteiger charge is 2.12. The second kappa shape index (κ2) is 9.25. The first-order valence-electron chi connectivity index (χ1n) is 7.72. The molecule has 0 radical (unpaired) electrons. The molecule has 1 amide bonds. The van der Waals surface area contributed by atoms with Crippen molar-refractivity contribution in [2.45, 2.75) is 6.42 Å². The summed E-state index contributed by atoms with van der Waals surface area (Å²) in [7, 11) is 1.65. The number of halogens is 2. The lowest BCUT2D eigenvalue weighted by atomic mass is 10.0. The zero-order valence-corrected chi connectivity index (χ0v) is 15.3. The minimum atomic E-state index is -0.247. The first-order chi connectivity index (χ1) is 12.1. The minimum absolute atomic E-state index is 0.247. The lowest BCUT2D eigenvalue weighted by molar-refractivity contribution is 0.0954. The lowest BCUT2D eigenvalue weighted by Gasteiger charge is -2.10. The van der Waals surface area contributed by atoms with Crippen LogP contribution < -0.4 is 11.1 Å². The van der Waals surface area contributed by atoms with Gasteiger partial charge in [0.1, 0.15) is 0 Å². The fraction of sp³-hybridized carbons (Fsp3) is 0.158. The monoisotopic (exact) mass is 375 g/mol. The SMILES string of the molecule is CN=C/C(=C\N)c1ccc(Cl)c(C(=O)NCCc2ccccc2Cl)c1. The molecule has 0 saturated heterocycles. The molecule has 6 heteroatoms. The maximum atomic E-state index is 12.4. The normalized spacial score (nSPS) is 11.7. The van der Waals surface area contributed by atoms with E-state index >= 15 is 0 Å². The van der Waals surface area contributed by atoms with E-state index in [9.17, 15) is 4.79 Å². The molecule has 0 unspecified atom stereocenters. The Hall–Kier alpha value is -2.30. The predicted molar refractivity (Wildman–Crippen MR) is 106 cm³/mol. The second-order valence-corrected chi connectivity index (χ2v) is 6.12. The Morgan fingerprint density at radius 2 is 1.96 bits per heavy atom. The van der Waals surface area contributed by atoms with E-state index in [-0.39, 0.29) is 5.91 Å². The van der Waals surface area contributed by atoms with Crippen molar-refractivity contribution in [2.75, 3.05) is 13.6 Å². The van der Waals surface area contributed by atoms with Gasteiger partial charge >= 0.3 is 0 Å². The van der Waals surface area contributed by atoms with E-state index in [1.807, 2.05) is 24.3 Å². The highest BCUT2D eigenvalue weighted by atomic mass is 35.5. The van der Waals surface area contributed by atoms with Crippen molar-refractivity contribution >= 4 is 40.9 Å². The summed E-state index contributed by atoms with van der Waals surface area (Å²) in [6, 6.07) is 12.7. The van der Waals surface area contributed by atoms with Crippen LogP contribution in [0.4, 0.5) is 0 Å². The Balaban J connectivity index is 2.09. The average molecular weight is 376 g/mol. The largest absolute Gasteiger partial charge is 0.404 e. The van der Waals surface area contributed by atoms with Crippen LogP contribution in [-0.4, -0.2) is 25.7 Å². The van der Waals surface area contributed by atoms with E-state index in [1.54, 1.807) is 31.5 Å². The molecule has 2 aromatic carbocycles. The van der Waals surface area contributed by atoms with Crippen molar-refractivity contribution < 1.29 is 4.79 Å². The summed E-state index contributed by atoms with van der Waals surface area (Å²) >= 11 is 12.3. The van der Waals surface area contributed by atoms with Gasteiger partial charge in [-0.15, -0.1) is 0 Å². The van der Waals surface area contributed by atoms with Gasteiger partial charge in [-0.2, -0.15) is 0 Å². The van der Waals surface area contributed by atoms with Crippen molar-refractivity contribution in [3.8, 4) is 0 Å². The van der Waals surface area contributed by atoms with Gasteiger partial charge in [-0.05, 0) is 35.7 Å². The van der Waals surface area contributed by atoms with Gasteiger partial charge in [0.15, 0.2) is 0 Å². The molecule has 0 atom stereocenters. The first kappa shape index (κ1) is 19.0. The third-order valence-electron chi connectivity index (χ3n) is 3.63. The minimum Gasteiger partial charge on any atom is -0.404 e. The zero-order valence-electron chi connectivity index (χ0n) is 13.8. The topological polar surface area (TPSA) is 67.5 Å². The number of nitrogens with zero attached hydrogens (tertiary/aromatic N) is 1. The van der Waals surface area contributed by atoms with E-state index in [0.717, 1.165) is 11.1 Å². The fourth-order valence-corrected chi connectivity index (χ4v) is 2.77. The van der Waals surface area contributed by atoms with Gasteiger partial charge in [0.2, 0.25) is 0 Å². The van der Waals surface area contributed by atoms with Crippen LogP contribution in [0.2, 0.25) is 10.0 Å². The van der Waals surface area contributed by atoms with Gasteiger partial charge in [-0.3, -0.25) is 9.79 Å². The maximum Gasteiger partial charge on any atom is 0.252 e. The van der Waals surface area contributed by atoms with Crippen molar-refractivity contribution in [3.05, 3.63) is 75.4 Å². The molecule has 0 aliphatic carbocycles. The van der Waals surface area contributed by atoms with Crippen LogP contribution in [0.1, 0.15) is 21.5 Å². The molecular formula is C19H19Cl2N3O. The molecule has 0 saturated carbocycles. The van der Waals surface area contributed by atoms with Gasteiger partial charge in [-0.1, -0.05) is 47.5 Å². The van der Waals surface area contributed by atoms with Crippen LogP contribution in [-0.2, 0) is 6.42 Å². The van der Waals surface area contributed by atoms with Crippen LogP contribution in [0, 0.1) is 0 Å². The highest BCUT2D eigenvalue weighted by Crippen LogP contribution is 2.21. The van der Waals surface area contributed by atoms with Gasteiger partial charge < -0.3 is 11.1 Å². The summed E-state index contributed by atoms with van der Waals surface area (Å²) < 4.78 is 0. The molecule has 2 rings (SSSR count). The van der Waals surface area contributed by atoms with Crippen molar-refractivity contribution in [1.82, 2.24) is 5.32 Å². The summed E-state index contributed by atoms with van der Waals surface area (Å²) in [6.07, 6.45) is 3.71. The molecule has 4 nitrogen and oxygen atoms in total. The Kier molecular flexibility index (Phi) is 7.04. The fourth-order valence-electron chi connectivity index (χ4n) is 2.34. The van der Waals surface area contributed by atoms with Crippen LogP contribution in [0.15, 0.2) is 53.7 Å². The maximum absolute atomic E-state index is 12.4. The van der Waals surface area contributed by atoms with E-state index < -0.39 is 0 Å². The summed E-state index contributed by atoms with van der Waals surface area (Å²) in [4.78, 5) is 16.4. The molecule has 0 aromatic heterocycles. The molecule has 0 aliphatic heterocycles. The summed E-state index contributed by atoms with van der Waals surface area (Å²) in [6.45, 7) is 0.457. The zero-order chi connectivity index (χ0) is 18.2. The summed E-state index contributed by atoms with van der Waals surface area (Å²) in [5, 5.41) is 3.93. The van der Waals surface area contributed by atoms with Gasteiger partial charge in [0.05, 0.1) is 10.6 Å². The van der Waals surface area contributed by atoms with Crippen molar-refractivity contribution in [1.29, 1.82) is 0 Å². The van der Waals surface area contributed by atoms with Gasteiger partial charge in [0, 0.05) is 36.6 Å². The number of carbonyl (C=O) groups is 1. The van der Waals surface area contributed by atoms with Gasteiger partial charge in [0.25, 0.3) is 5.91 Å². The van der Waals surface area contributed by atoms with Crippen molar-refractivity contribution in [2.24, 2.45) is 10.7 Å². The number of aliphatic imine (C=N–C) groups is 1. The van der Waals surface area contributed by atoms with E-state index in [4.69, 9.17) is 28.9 Å². The van der Waals surface area contributed by atoms with E-state index in [1.165, 1.54) is 6.20 Å². The molecule has 0 bridgehead atoms. The van der Waals surface area contributed by atoms with E-state index in [2.05, 4.69) is 10.3 Å². The molecule has 2 aromatic rings. The molecular weight excluding hydrogens is 357 g/mol. The Bertz CT molecular complexity index is 816. The average Bonchev–Trinajstić information content (AvgIpc) is 2.62. The third-order valence-corrected chi connectivity index (χ3v) is 4.33. The molecule has 3 N–H and O–H groups in total. The standard InChI is InChI=1S/C19H19Cl2N3O/c1-23-12-15(11-22)14-6-7-18(21)16(10-14)19(25)24-9-8-13-4-2-3-5-17(13)20/h2-7,10-12H,8-9,22H2,1H3,(H,24,25)/b15-11+,23-12?. The van der Waals surface area contributed by atoms with Crippen LogP contribution in [0.3, 0.4) is 0 Å². The Morgan fingerprint density at radius 3 is 2.64 bits per heavy atom. The number of hydrogen-bond acceptors (Lipinski definition) is 3. The Labute approximate surface area is 157 Å². The number of nitrogens with two attached hydrogens (primary N) is 1. The first-order valence-corrected chi connectivity index (χ1v) is 8.48. The highest BCUT2D eigenvalue weighted by molar-refractivity contribution is 6.34. The van der Waals surface area contributed by atoms with Crippen LogP contribution in [0.25, 0.3) is 5.57 Å². The van der Waals surface area contributed by atoms with Crippen LogP contribution in [0.5, 0.6) is 0 Å². The molecule has 0 aliphatic rings. The molecule has 25 heavy (non-hydrogen) atoms. The molecule has 0 heterocycles. The van der Waals surface area contributed by atoms with Gasteiger partial charge in [-0.25, -0.2) is 0 Å². The number of carbonyl (C=O) groups excluding carboxylic acids is 1. The van der Waals surface area contributed by atoms with E-state index in [0.29, 0.717) is 34.1 Å². The number of rotatable bonds is 6. The second-order valence-electron chi connectivity index (χ2n) is 5.30. The number of hydrogen-bond donors (Lipinski definition) is 2. The molecule has 0 spiro atoms. The lowest BCUT2D eigenvalue weighted by Crippen LogP contribution is -2.26. The molecule has 130 valence electrons. The quantitative estimate of drug-likeness (QED) is 0.750. The summed E-state index contributed by atoms with van der Waals surface area (Å²) in [5.74, 6) is -0.247. The number of benzene rings is 2. The summed E-state index contributed by atoms with van der Waals surface area (Å²) in [5.41, 5.74) is 8.47. The predicted octanol–water partition coefficient (Wildman–Crippen LogP) is 3.97. The number of amides is 1. The Morgan fingerprint density at radius 1 is 1.20 bits per heavy atom.